The number of rotatable bonds is 6. The Hall–Kier alpha value is -1.20. The molecule has 0 fully saturated rings. The number of nitrogens with one attached hydrogen (secondary N) is 1. The molecule has 21 heavy (non-hydrogen) atoms. The highest BCUT2D eigenvalue weighted by atomic mass is 32.1. The van der Waals surface area contributed by atoms with E-state index >= 15 is 0 Å². The van der Waals surface area contributed by atoms with Crippen LogP contribution in [0.15, 0.2) is 12.3 Å². The van der Waals surface area contributed by atoms with Gasteiger partial charge in [0, 0.05) is 35.3 Å². The first-order valence-corrected chi connectivity index (χ1v) is 8.35. The lowest BCUT2D eigenvalue weighted by Crippen LogP contribution is -2.16. The minimum Gasteiger partial charge on any atom is -0.312 e. The molecule has 2 aromatic heterocycles. The zero-order chi connectivity index (χ0) is 15.5. The summed E-state index contributed by atoms with van der Waals surface area (Å²) in [5.41, 5.74) is 2.49. The van der Waals surface area contributed by atoms with Gasteiger partial charge in [-0.05, 0) is 32.9 Å². The molecule has 4 nitrogen and oxygen atoms in total. The third-order valence-electron chi connectivity index (χ3n) is 3.32. The molecular formula is C16H26N4S. The lowest BCUT2D eigenvalue weighted by atomic mass is 9.98. The molecule has 0 atom stereocenters. The molecule has 2 heterocycles. The van der Waals surface area contributed by atoms with Crippen LogP contribution in [0.1, 0.15) is 48.5 Å². The normalized spacial score (nSPS) is 12.0. The Morgan fingerprint density at radius 1 is 1.29 bits per heavy atom. The van der Waals surface area contributed by atoms with Crippen LogP contribution in [0, 0.1) is 13.8 Å². The summed E-state index contributed by atoms with van der Waals surface area (Å²) >= 11 is 1.81. The van der Waals surface area contributed by atoms with Gasteiger partial charge in [0.25, 0.3) is 0 Å². The summed E-state index contributed by atoms with van der Waals surface area (Å²) < 4.78 is 2.08. The van der Waals surface area contributed by atoms with Crippen molar-refractivity contribution in [2.75, 3.05) is 6.54 Å². The molecule has 0 saturated heterocycles. The van der Waals surface area contributed by atoms with Crippen molar-refractivity contribution >= 4 is 11.3 Å². The smallest absolute Gasteiger partial charge is 0.0981 e. The standard InChI is InChI=1S/C16H26N4S/c1-12-9-13(2)20(19-12)8-6-7-17-10-14-11-18-15(21-14)16(3,4)5/h9,11,17H,6-8,10H2,1-5H3. The number of thiazole rings is 1. The van der Waals surface area contributed by atoms with E-state index < -0.39 is 0 Å². The molecule has 0 amide bonds. The molecule has 1 N–H and O–H groups in total. The summed E-state index contributed by atoms with van der Waals surface area (Å²) in [5.74, 6) is 0. The van der Waals surface area contributed by atoms with Crippen molar-refractivity contribution in [2.24, 2.45) is 0 Å². The zero-order valence-electron chi connectivity index (χ0n) is 13.7. The van der Waals surface area contributed by atoms with Crippen LogP contribution < -0.4 is 5.32 Å². The molecule has 0 saturated carbocycles. The molecule has 0 spiro atoms. The highest BCUT2D eigenvalue weighted by Crippen LogP contribution is 2.26. The van der Waals surface area contributed by atoms with Crippen LogP contribution >= 0.6 is 11.3 Å². The largest absolute Gasteiger partial charge is 0.312 e. The number of hydrogen-bond donors (Lipinski definition) is 1. The van der Waals surface area contributed by atoms with E-state index in [1.165, 1.54) is 15.6 Å². The average Bonchev–Trinajstić information content (AvgIpc) is 2.96. The summed E-state index contributed by atoms with van der Waals surface area (Å²) in [7, 11) is 0. The van der Waals surface area contributed by atoms with E-state index in [1.807, 2.05) is 24.5 Å². The number of aromatic nitrogens is 3. The summed E-state index contributed by atoms with van der Waals surface area (Å²) in [5, 5.41) is 9.18. The maximum absolute atomic E-state index is 4.51. The lowest BCUT2D eigenvalue weighted by molar-refractivity contribution is 0.533. The van der Waals surface area contributed by atoms with E-state index in [2.05, 4.69) is 53.8 Å². The first-order valence-electron chi connectivity index (χ1n) is 7.53. The van der Waals surface area contributed by atoms with Crippen molar-refractivity contribution < 1.29 is 0 Å². The quantitative estimate of drug-likeness (QED) is 0.831. The topological polar surface area (TPSA) is 42.7 Å². The van der Waals surface area contributed by atoms with E-state index in [0.717, 1.165) is 31.7 Å². The molecule has 116 valence electrons. The summed E-state index contributed by atoms with van der Waals surface area (Å²) in [4.78, 5) is 5.82. The molecular weight excluding hydrogens is 280 g/mol. The molecule has 5 heteroatoms. The molecule has 2 aromatic rings. The second-order valence-electron chi connectivity index (χ2n) is 6.56. The highest BCUT2D eigenvalue weighted by Gasteiger charge is 2.17. The Morgan fingerprint density at radius 3 is 2.62 bits per heavy atom. The fourth-order valence-corrected chi connectivity index (χ4v) is 3.14. The second kappa shape index (κ2) is 6.71. The second-order valence-corrected chi connectivity index (χ2v) is 7.68. The Morgan fingerprint density at radius 2 is 2.05 bits per heavy atom. The predicted molar refractivity (Wildman–Crippen MR) is 88.8 cm³/mol. The van der Waals surface area contributed by atoms with Gasteiger partial charge in [0.1, 0.15) is 0 Å². The number of hydrogen-bond acceptors (Lipinski definition) is 4. The summed E-state index contributed by atoms with van der Waals surface area (Å²) in [6.07, 6.45) is 3.09. The van der Waals surface area contributed by atoms with Gasteiger partial charge >= 0.3 is 0 Å². The molecule has 0 aliphatic carbocycles. The number of aryl methyl sites for hydroxylation is 3. The Labute approximate surface area is 131 Å². The minimum absolute atomic E-state index is 0.151. The van der Waals surface area contributed by atoms with Crippen molar-refractivity contribution in [3.05, 3.63) is 33.5 Å². The van der Waals surface area contributed by atoms with Gasteiger partial charge in [0.05, 0.1) is 10.7 Å². The van der Waals surface area contributed by atoms with Crippen molar-refractivity contribution in [1.29, 1.82) is 0 Å². The van der Waals surface area contributed by atoms with E-state index in [0.29, 0.717) is 0 Å². The SMILES string of the molecule is Cc1cc(C)n(CCCNCc2cnc(C(C)(C)C)s2)n1. The van der Waals surface area contributed by atoms with Crippen LogP contribution in [0.5, 0.6) is 0 Å². The Bertz CT molecular complexity index is 577. The fourth-order valence-electron chi connectivity index (χ4n) is 2.20. The Balaban J connectivity index is 1.70. The summed E-state index contributed by atoms with van der Waals surface area (Å²) in [6.45, 7) is 13.7. The van der Waals surface area contributed by atoms with Gasteiger partial charge in [-0.15, -0.1) is 11.3 Å². The summed E-state index contributed by atoms with van der Waals surface area (Å²) in [6, 6.07) is 2.12. The first-order chi connectivity index (χ1) is 9.86. The van der Waals surface area contributed by atoms with Crippen LogP contribution in [0.25, 0.3) is 0 Å². The molecule has 0 aliphatic heterocycles. The van der Waals surface area contributed by atoms with Gasteiger partial charge in [-0.1, -0.05) is 20.8 Å². The van der Waals surface area contributed by atoms with Gasteiger partial charge in [0.2, 0.25) is 0 Å². The lowest BCUT2D eigenvalue weighted by Gasteiger charge is -2.13. The molecule has 0 aliphatic rings. The molecule has 0 bridgehead atoms. The van der Waals surface area contributed by atoms with Gasteiger partial charge in [-0.3, -0.25) is 4.68 Å². The van der Waals surface area contributed by atoms with Crippen LogP contribution in [0.4, 0.5) is 0 Å². The van der Waals surface area contributed by atoms with Gasteiger partial charge in [-0.25, -0.2) is 4.98 Å². The van der Waals surface area contributed by atoms with Crippen molar-refractivity contribution in [3.63, 3.8) is 0 Å². The van der Waals surface area contributed by atoms with Crippen molar-refractivity contribution in [2.45, 2.75) is 59.5 Å². The molecule has 0 aromatic carbocycles. The highest BCUT2D eigenvalue weighted by molar-refractivity contribution is 7.11. The van der Waals surface area contributed by atoms with Crippen LogP contribution in [0.3, 0.4) is 0 Å². The third-order valence-corrected chi connectivity index (χ3v) is 4.74. The Kier molecular flexibility index (Phi) is 5.17. The van der Waals surface area contributed by atoms with Crippen molar-refractivity contribution in [1.82, 2.24) is 20.1 Å². The first kappa shape index (κ1) is 16.2. The number of nitrogens with zero attached hydrogens (tertiary/aromatic N) is 3. The van der Waals surface area contributed by atoms with Gasteiger partial charge < -0.3 is 5.32 Å². The van der Waals surface area contributed by atoms with E-state index in [1.54, 1.807) is 0 Å². The predicted octanol–water partition coefficient (Wildman–Crippen LogP) is 3.43. The van der Waals surface area contributed by atoms with E-state index in [-0.39, 0.29) is 5.41 Å². The van der Waals surface area contributed by atoms with Gasteiger partial charge in [-0.2, -0.15) is 5.10 Å². The van der Waals surface area contributed by atoms with Crippen molar-refractivity contribution in [3.8, 4) is 0 Å². The average molecular weight is 306 g/mol. The molecule has 0 unspecified atom stereocenters. The van der Waals surface area contributed by atoms with E-state index in [4.69, 9.17) is 0 Å². The monoisotopic (exact) mass is 306 g/mol. The van der Waals surface area contributed by atoms with Crippen LogP contribution in [-0.4, -0.2) is 21.3 Å². The molecule has 0 radical (unpaired) electrons. The fraction of sp³-hybridized carbons (Fsp3) is 0.625. The van der Waals surface area contributed by atoms with Crippen LogP contribution in [-0.2, 0) is 18.5 Å². The maximum atomic E-state index is 4.51. The van der Waals surface area contributed by atoms with Gasteiger partial charge in [0.15, 0.2) is 0 Å². The minimum atomic E-state index is 0.151. The van der Waals surface area contributed by atoms with Crippen LogP contribution in [0.2, 0.25) is 0 Å². The third kappa shape index (κ3) is 4.64. The maximum Gasteiger partial charge on any atom is 0.0981 e. The van der Waals surface area contributed by atoms with E-state index in [9.17, 15) is 0 Å². The molecule has 2 rings (SSSR count). The zero-order valence-corrected chi connectivity index (χ0v) is 14.5.